The molecule has 1 aromatic heterocycles. The third-order valence-corrected chi connectivity index (χ3v) is 5.32. The maximum atomic E-state index is 12.2. The van der Waals surface area contributed by atoms with Crippen LogP contribution in [0, 0.1) is 0 Å². The van der Waals surface area contributed by atoms with Crippen LogP contribution in [-0.2, 0) is 11.2 Å². The molecule has 3 aromatic rings. The van der Waals surface area contributed by atoms with Crippen LogP contribution in [0.1, 0.15) is 22.8 Å². The quantitative estimate of drug-likeness (QED) is 0.436. The Morgan fingerprint density at radius 3 is 2.56 bits per heavy atom. The van der Waals surface area contributed by atoms with Crippen molar-refractivity contribution in [1.82, 2.24) is 0 Å². The SMILES string of the molecule is CCc1cccc(NC(=S)Nc2sc(-c3ccccc3)cc2C(=O)OC)c1. The molecule has 0 aliphatic heterocycles. The molecule has 1 heterocycles. The summed E-state index contributed by atoms with van der Waals surface area (Å²) in [4.78, 5) is 13.1. The summed E-state index contributed by atoms with van der Waals surface area (Å²) in [5.41, 5.74) is 3.63. The topological polar surface area (TPSA) is 50.4 Å². The number of carbonyl (C=O) groups is 1. The van der Waals surface area contributed by atoms with Crippen LogP contribution in [0.4, 0.5) is 10.7 Å². The lowest BCUT2D eigenvalue weighted by Gasteiger charge is -2.11. The summed E-state index contributed by atoms with van der Waals surface area (Å²) in [6.07, 6.45) is 0.952. The van der Waals surface area contributed by atoms with E-state index in [1.165, 1.54) is 24.0 Å². The van der Waals surface area contributed by atoms with Crippen LogP contribution in [0.25, 0.3) is 10.4 Å². The summed E-state index contributed by atoms with van der Waals surface area (Å²) in [5, 5.41) is 7.40. The number of hydrogen-bond acceptors (Lipinski definition) is 4. The van der Waals surface area contributed by atoms with E-state index >= 15 is 0 Å². The Hall–Kier alpha value is -2.70. The zero-order valence-electron chi connectivity index (χ0n) is 15.1. The number of methoxy groups -OCH3 is 1. The Bertz CT molecular complexity index is 952. The summed E-state index contributed by atoms with van der Waals surface area (Å²) < 4.78 is 4.92. The molecule has 0 aliphatic rings. The number of thiophene rings is 1. The summed E-state index contributed by atoms with van der Waals surface area (Å²) in [6, 6.07) is 19.8. The second-order valence-electron chi connectivity index (χ2n) is 5.84. The summed E-state index contributed by atoms with van der Waals surface area (Å²) >= 11 is 6.90. The number of esters is 1. The number of rotatable bonds is 5. The molecule has 0 saturated carbocycles. The maximum Gasteiger partial charge on any atom is 0.340 e. The van der Waals surface area contributed by atoms with Crippen molar-refractivity contribution in [1.29, 1.82) is 0 Å². The molecule has 0 amide bonds. The smallest absolute Gasteiger partial charge is 0.340 e. The molecule has 0 radical (unpaired) electrons. The number of hydrogen-bond donors (Lipinski definition) is 2. The molecule has 2 aromatic carbocycles. The lowest BCUT2D eigenvalue weighted by Crippen LogP contribution is -2.20. The van der Waals surface area contributed by atoms with Crippen molar-refractivity contribution in [3.05, 3.63) is 71.8 Å². The van der Waals surface area contributed by atoms with Crippen molar-refractivity contribution < 1.29 is 9.53 Å². The van der Waals surface area contributed by atoms with E-state index in [-0.39, 0.29) is 0 Å². The third kappa shape index (κ3) is 4.72. The molecule has 0 saturated heterocycles. The Balaban J connectivity index is 1.83. The molecule has 0 aliphatic carbocycles. The summed E-state index contributed by atoms with van der Waals surface area (Å²) in [5.74, 6) is -0.397. The predicted octanol–water partition coefficient (Wildman–Crippen LogP) is 5.57. The fraction of sp³-hybridized carbons (Fsp3) is 0.143. The van der Waals surface area contributed by atoms with Crippen LogP contribution in [0.2, 0.25) is 0 Å². The standard InChI is InChI=1S/C21H20N2O2S2/c1-3-14-8-7-11-16(12-14)22-21(26)23-19-17(20(24)25-2)13-18(27-19)15-9-5-4-6-10-15/h4-13H,3H2,1-2H3,(H2,22,23,26). The van der Waals surface area contributed by atoms with E-state index < -0.39 is 5.97 Å². The minimum absolute atomic E-state index is 0.397. The minimum atomic E-state index is -0.397. The first kappa shape index (κ1) is 19.1. The Kier molecular flexibility index (Phi) is 6.21. The fourth-order valence-electron chi connectivity index (χ4n) is 2.62. The lowest BCUT2D eigenvalue weighted by atomic mass is 10.1. The average molecular weight is 397 g/mol. The van der Waals surface area contributed by atoms with Gasteiger partial charge in [0.2, 0.25) is 0 Å². The van der Waals surface area contributed by atoms with Gasteiger partial charge in [-0.2, -0.15) is 0 Å². The first-order chi connectivity index (χ1) is 13.1. The Morgan fingerprint density at radius 1 is 1.07 bits per heavy atom. The predicted molar refractivity (Wildman–Crippen MR) is 117 cm³/mol. The van der Waals surface area contributed by atoms with Gasteiger partial charge in [-0.1, -0.05) is 49.4 Å². The number of ether oxygens (including phenoxy) is 1. The maximum absolute atomic E-state index is 12.2. The third-order valence-electron chi connectivity index (χ3n) is 4.02. The molecule has 2 N–H and O–H groups in total. The van der Waals surface area contributed by atoms with Crippen LogP contribution < -0.4 is 10.6 Å². The minimum Gasteiger partial charge on any atom is -0.465 e. The largest absolute Gasteiger partial charge is 0.465 e. The monoisotopic (exact) mass is 396 g/mol. The zero-order valence-corrected chi connectivity index (χ0v) is 16.7. The number of nitrogens with one attached hydrogen (secondary N) is 2. The molecule has 0 spiro atoms. The van der Waals surface area contributed by atoms with Gasteiger partial charge in [-0.05, 0) is 48.0 Å². The van der Waals surface area contributed by atoms with Crippen LogP contribution >= 0.6 is 23.6 Å². The number of carbonyl (C=O) groups excluding carboxylic acids is 1. The highest BCUT2D eigenvalue weighted by atomic mass is 32.1. The van der Waals surface area contributed by atoms with E-state index in [0.29, 0.717) is 15.7 Å². The molecule has 27 heavy (non-hydrogen) atoms. The number of aryl methyl sites for hydroxylation is 1. The van der Waals surface area contributed by atoms with Crippen molar-refractivity contribution in [3.63, 3.8) is 0 Å². The molecule has 0 atom stereocenters. The highest BCUT2D eigenvalue weighted by molar-refractivity contribution is 7.80. The van der Waals surface area contributed by atoms with Gasteiger partial charge in [-0.15, -0.1) is 11.3 Å². The Labute approximate surface area is 168 Å². The molecule has 0 bridgehead atoms. The molecule has 3 rings (SSSR count). The van der Waals surface area contributed by atoms with Gasteiger partial charge in [0.15, 0.2) is 5.11 Å². The first-order valence-corrected chi connectivity index (χ1v) is 9.77. The highest BCUT2D eigenvalue weighted by Gasteiger charge is 2.18. The molecular weight excluding hydrogens is 376 g/mol. The van der Waals surface area contributed by atoms with Gasteiger partial charge in [0.25, 0.3) is 0 Å². The van der Waals surface area contributed by atoms with Gasteiger partial charge in [0.05, 0.1) is 12.7 Å². The summed E-state index contributed by atoms with van der Waals surface area (Å²) in [7, 11) is 1.37. The molecule has 4 nitrogen and oxygen atoms in total. The average Bonchev–Trinajstić information content (AvgIpc) is 3.11. The molecular formula is C21H20N2O2S2. The van der Waals surface area contributed by atoms with Crippen molar-refractivity contribution in [2.75, 3.05) is 17.7 Å². The van der Waals surface area contributed by atoms with E-state index in [4.69, 9.17) is 17.0 Å². The van der Waals surface area contributed by atoms with Crippen LogP contribution in [0.15, 0.2) is 60.7 Å². The van der Waals surface area contributed by atoms with E-state index in [1.54, 1.807) is 0 Å². The second-order valence-corrected chi connectivity index (χ2v) is 7.30. The lowest BCUT2D eigenvalue weighted by molar-refractivity contribution is 0.0602. The van der Waals surface area contributed by atoms with Crippen LogP contribution in [-0.4, -0.2) is 18.2 Å². The van der Waals surface area contributed by atoms with Crippen molar-refractivity contribution >= 4 is 45.3 Å². The van der Waals surface area contributed by atoms with Gasteiger partial charge in [-0.3, -0.25) is 0 Å². The van der Waals surface area contributed by atoms with Crippen LogP contribution in [0.3, 0.4) is 0 Å². The number of benzene rings is 2. The van der Waals surface area contributed by atoms with Crippen molar-refractivity contribution in [2.24, 2.45) is 0 Å². The molecule has 0 unspecified atom stereocenters. The second kappa shape index (κ2) is 8.79. The van der Waals surface area contributed by atoms with E-state index in [1.807, 2.05) is 48.5 Å². The van der Waals surface area contributed by atoms with Gasteiger partial charge in [0, 0.05) is 10.6 Å². The van der Waals surface area contributed by atoms with Crippen molar-refractivity contribution in [2.45, 2.75) is 13.3 Å². The molecule has 0 fully saturated rings. The van der Waals surface area contributed by atoms with E-state index in [0.717, 1.165) is 22.5 Å². The Morgan fingerprint density at radius 2 is 1.85 bits per heavy atom. The van der Waals surface area contributed by atoms with Gasteiger partial charge in [0.1, 0.15) is 5.00 Å². The normalized spacial score (nSPS) is 10.3. The van der Waals surface area contributed by atoms with Crippen molar-refractivity contribution in [3.8, 4) is 10.4 Å². The van der Waals surface area contributed by atoms with Gasteiger partial charge in [-0.25, -0.2) is 4.79 Å². The van der Waals surface area contributed by atoms with Gasteiger partial charge >= 0.3 is 5.97 Å². The van der Waals surface area contributed by atoms with Gasteiger partial charge < -0.3 is 15.4 Å². The summed E-state index contributed by atoms with van der Waals surface area (Å²) in [6.45, 7) is 2.11. The molecule has 6 heteroatoms. The number of thiocarbonyl (C=S) groups is 1. The van der Waals surface area contributed by atoms with E-state index in [2.05, 4.69) is 29.7 Å². The van der Waals surface area contributed by atoms with E-state index in [9.17, 15) is 4.79 Å². The number of anilines is 2. The first-order valence-electron chi connectivity index (χ1n) is 8.55. The highest BCUT2D eigenvalue weighted by Crippen LogP contribution is 2.36. The zero-order chi connectivity index (χ0) is 19.2. The van der Waals surface area contributed by atoms with Crippen LogP contribution in [0.5, 0.6) is 0 Å². The fourth-order valence-corrected chi connectivity index (χ4v) is 3.97. The molecule has 138 valence electrons.